The lowest BCUT2D eigenvalue weighted by molar-refractivity contribution is 0.613. The number of nitrogens with two attached hydrogens (primary N) is 1. The third-order valence-electron chi connectivity index (χ3n) is 2.53. The first-order chi connectivity index (χ1) is 8.69. The second kappa shape index (κ2) is 5.44. The second-order valence-corrected chi connectivity index (χ2v) is 3.89. The quantitative estimate of drug-likeness (QED) is 0.869. The number of rotatable bonds is 4. The molecule has 5 heteroatoms. The Labute approximate surface area is 105 Å². The van der Waals surface area contributed by atoms with Gasteiger partial charge in [0.15, 0.2) is 0 Å². The summed E-state index contributed by atoms with van der Waals surface area (Å²) in [5.41, 5.74) is 6.26. The average Bonchev–Trinajstić information content (AvgIpc) is 2.37. The van der Waals surface area contributed by atoms with Crippen molar-refractivity contribution in [2.45, 2.75) is 19.9 Å². The summed E-state index contributed by atoms with van der Waals surface area (Å²) in [7, 11) is 0. The number of halogens is 1. The molecule has 0 spiro atoms. The van der Waals surface area contributed by atoms with Crippen molar-refractivity contribution in [1.29, 1.82) is 0 Å². The largest absolute Gasteiger partial charge is 0.384 e. The van der Waals surface area contributed by atoms with Crippen LogP contribution in [-0.4, -0.2) is 9.97 Å². The van der Waals surface area contributed by atoms with E-state index in [2.05, 4.69) is 15.3 Å². The monoisotopic (exact) mass is 246 g/mol. The van der Waals surface area contributed by atoms with Gasteiger partial charge in [-0.05, 0) is 6.07 Å². The molecule has 2 aromatic rings. The van der Waals surface area contributed by atoms with E-state index in [1.165, 1.54) is 6.07 Å². The van der Waals surface area contributed by atoms with Crippen LogP contribution in [0.3, 0.4) is 0 Å². The molecule has 1 heterocycles. The molecule has 0 saturated carbocycles. The Morgan fingerprint density at radius 2 is 2.06 bits per heavy atom. The van der Waals surface area contributed by atoms with Crippen LogP contribution in [0.15, 0.2) is 30.3 Å². The molecule has 0 saturated heterocycles. The normalized spacial score (nSPS) is 10.3. The van der Waals surface area contributed by atoms with Crippen molar-refractivity contribution in [3.8, 4) is 0 Å². The fraction of sp³-hybridized carbons (Fsp3) is 0.231. The number of nitrogens with zero attached hydrogens (tertiary/aromatic N) is 2. The molecule has 0 fully saturated rings. The standard InChI is InChI=1S/C13H15FN4/c1-2-12-17-11(15)7-13(18-12)16-8-9-5-3-4-6-10(9)14/h3-7H,2,8H2,1H3,(H3,15,16,17,18). The number of nitrogen functional groups attached to an aromatic ring is 1. The molecule has 0 amide bonds. The van der Waals surface area contributed by atoms with E-state index >= 15 is 0 Å². The molecule has 1 aromatic heterocycles. The lowest BCUT2D eigenvalue weighted by Gasteiger charge is -2.08. The molecule has 2 rings (SSSR count). The van der Waals surface area contributed by atoms with Crippen molar-refractivity contribution in [3.05, 3.63) is 47.5 Å². The van der Waals surface area contributed by atoms with Crippen LogP contribution in [0.5, 0.6) is 0 Å². The van der Waals surface area contributed by atoms with Gasteiger partial charge in [0.1, 0.15) is 23.3 Å². The smallest absolute Gasteiger partial charge is 0.132 e. The lowest BCUT2D eigenvalue weighted by Crippen LogP contribution is -2.07. The molecule has 0 radical (unpaired) electrons. The van der Waals surface area contributed by atoms with Crippen LogP contribution in [0.4, 0.5) is 16.0 Å². The summed E-state index contributed by atoms with van der Waals surface area (Å²) in [6.45, 7) is 2.32. The van der Waals surface area contributed by atoms with E-state index in [0.29, 0.717) is 36.0 Å². The van der Waals surface area contributed by atoms with Crippen molar-refractivity contribution in [2.24, 2.45) is 0 Å². The maximum atomic E-state index is 13.4. The van der Waals surface area contributed by atoms with Gasteiger partial charge < -0.3 is 11.1 Å². The topological polar surface area (TPSA) is 63.8 Å². The van der Waals surface area contributed by atoms with E-state index in [-0.39, 0.29) is 5.82 Å². The number of nitrogens with one attached hydrogen (secondary N) is 1. The highest BCUT2D eigenvalue weighted by atomic mass is 19.1. The Bertz CT molecular complexity index is 542. The van der Waals surface area contributed by atoms with E-state index < -0.39 is 0 Å². The molecule has 0 bridgehead atoms. The highest BCUT2D eigenvalue weighted by molar-refractivity contribution is 5.45. The average molecular weight is 246 g/mol. The lowest BCUT2D eigenvalue weighted by atomic mass is 10.2. The number of benzene rings is 1. The van der Waals surface area contributed by atoms with Gasteiger partial charge in [-0.2, -0.15) is 0 Å². The fourth-order valence-electron chi connectivity index (χ4n) is 1.59. The maximum absolute atomic E-state index is 13.4. The third kappa shape index (κ3) is 2.94. The molecular formula is C13H15FN4. The van der Waals surface area contributed by atoms with Crippen LogP contribution in [0.25, 0.3) is 0 Å². The van der Waals surface area contributed by atoms with E-state index in [4.69, 9.17) is 5.73 Å². The van der Waals surface area contributed by atoms with E-state index in [9.17, 15) is 4.39 Å². The Hall–Kier alpha value is -2.17. The Morgan fingerprint density at radius 1 is 1.28 bits per heavy atom. The summed E-state index contributed by atoms with van der Waals surface area (Å²) in [6, 6.07) is 8.26. The zero-order valence-corrected chi connectivity index (χ0v) is 10.2. The van der Waals surface area contributed by atoms with Gasteiger partial charge in [0.05, 0.1) is 0 Å². The summed E-state index contributed by atoms with van der Waals surface area (Å²) in [4.78, 5) is 8.35. The van der Waals surface area contributed by atoms with E-state index in [0.717, 1.165) is 0 Å². The van der Waals surface area contributed by atoms with Crippen LogP contribution in [0, 0.1) is 5.82 Å². The van der Waals surface area contributed by atoms with Crippen LogP contribution in [-0.2, 0) is 13.0 Å². The minimum atomic E-state index is -0.234. The summed E-state index contributed by atoms with van der Waals surface area (Å²) in [6.07, 6.45) is 0.708. The van der Waals surface area contributed by atoms with Gasteiger partial charge in [-0.1, -0.05) is 25.1 Å². The van der Waals surface area contributed by atoms with Gasteiger partial charge in [0.25, 0.3) is 0 Å². The summed E-state index contributed by atoms with van der Waals surface area (Å²) in [5, 5.41) is 3.05. The predicted molar refractivity (Wildman–Crippen MR) is 69.5 cm³/mol. The van der Waals surface area contributed by atoms with Gasteiger partial charge in [-0.3, -0.25) is 0 Å². The summed E-state index contributed by atoms with van der Waals surface area (Å²) >= 11 is 0. The van der Waals surface area contributed by atoms with Gasteiger partial charge in [-0.15, -0.1) is 0 Å². The molecule has 0 atom stereocenters. The third-order valence-corrected chi connectivity index (χ3v) is 2.53. The predicted octanol–water partition coefficient (Wildman–Crippen LogP) is 2.37. The molecule has 0 aliphatic carbocycles. The van der Waals surface area contributed by atoms with Gasteiger partial charge in [0.2, 0.25) is 0 Å². The van der Waals surface area contributed by atoms with Gasteiger partial charge in [-0.25, -0.2) is 14.4 Å². The van der Waals surface area contributed by atoms with Crippen molar-refractivity contribution in [3.63, 3.8) is 0 Å². The van der Waals surface area contributed by atoms with E-state index in [1.54, 1.807) is 24.3 Å². The fourth-order valence-corrected chi connectivity index (χ4v) is 1.59. The molecular weight excluding hydrogens is 231 g/mol. The highest BCUT2D eigenvalue weighted by Crippen LogP contribution is 2.12. The number of aromatic nitrogens is 2. The zero-order chi connectivity index (χ0) is 13.0. The molecule has 0 aliphatic rings. The number of hydrogen-bond donors (Lipinski definition) is 2. The molecule has 94 valence electrons. The highest BCUT2D eigenvalue weighted by Gasteiger charge is 2.03. The maximum Gasteiger partial charge on any atom is 0.132 e. The first kappa shape index (κ1) is 12.3. The van der Waals surface area contributed by atoms with Crippen molar-refractivity contribution >= 4 is 11.6 Å². The zero-order valence-electron chi connectivity index (χ0n) is 10.2. The molecule has 3 N–H and O–H groups in total. The summed E-state index contributed by atoms with van der Waals surface area (Å²) in [5.74, 6) is 1.47. The molecule has 0 aliphatic heterocycles. The van der Waals surface area contributed by atoms with Crippen LogP contribution >= 0.6 is 0 Å². The van der Waals surface area contributed by atoms with Gasteiger partial charge in [0, 0.05) is 24.6 Å². The van der Waals surface area contributed by atoms with Crippen molar-refractivity contribution in [2.75, 3.05) is 11.1 Å². The molecule has 4 nitrogen and oxygen atoms in total. The van der Waals surface area contributed by atoms with Crippen LogP contribution in [0.2, 0.25) is 0 Å². The van der Waals surface area contributed by atoms with Crippen LogP contribution in [0.1, 0.15) is 18.3 Å². The second-order valence-electron chi connectivity index (χ2n) is 3.89. The SMILES string of the molecule is CCc1nc(N)cc(NCc2ccccc2F)n1. The van der Waals surface area contributed by atoms with Crippen LogP contribution < -0.4 is 11.1 Å². The molecule has 1 aromatic carbocycles. The van der Waals surface area contributed by atoms with E-state index in [1.807, 2.05) is 6.92 Å². The van der Waals surface area contributed by atoms with Crippen molar-refractivity contribution in [1.82, 2.24) is 9.97 Å². The number of aryl methyl sites for hydroxylation is 1. The number of anilines is 2. The first-order valence-corrected chi connectivity index (χ1v) is 5.79. The first-order valence-electron chi connectivity index (χ1n) is 5.79. The summed E-state index contributed by atoms with van der Waals surface area (Å²) < 4.78 is 13.4. The Balaban J connectivity index is 2.11. The minimum Gasteiger partial charge on any atom is -0.384 e. The van der Waals surface area contributed by atoms with Crippen molar-refractivity contribution < 1.29 is 4.39 Å². The van der Waals surface area contributed by atoms with Gasteiger partial charge >= 0.3 is 0 Å². The molecule has 0 unspecified atom stereocenters. The minimum absolute atomic E-state index is 0.234. The Morgan fingerprint density at radius 3 is 2.78 bits per heavy atom. The Kier molecular flexibility index (Phi) is 3.72. The molecule has 18 heavy (non-hydrogen) atoms. The number of hydrogen-bond acceptors (Lipinski definition) is 4.